The van der Waals surface area contributed by atoms with Crippen molar-refractivity contribution in [2.45, 2.75) is 20.3 Å². The number of imidazole rings is 1. The quantitative estimate of drug-likeness (QED) is 0.876. The molecule has 5 nitrogen and oxygen atoms in total. The van der Waals surface area contributed by atoms with E-state index >= 15 is 0 Å². The third kappa shape index (κ3) is 2.22. The summed E-state index contributed by atoms with van der Waals surface area (Å²) in [5, 5.41) is 8.55. The largest absolute Gasteiger partial charge is 0.489 e. The van der Waals surface area contributed by atoms with Gasteiger partial charge in [0.2, 0.25) is 0 Å². The van der Waals surface area contributed by atoms with E-state index in [-0.39, 0.29) is 13.0 Å². The Morgan fingerprint density at radius 3 is 3.00 bits per heavy atom. The molecule has 0 aliphatic carbocycles. The Kier molecular flexibility index (Phi) is 2.99. The lowest BCUT2D eigenvalue weighted by molar-refractivity contribution is -0.137. The van der Waals surface area contributed by atoms with E-state index in [1.54, 1.807) is 6.07 Å². The smallest absolute Gasteiger partial charge is 0.306 e. The van der Waals surface area contributed by atoms with Gasteiger partial charge in [-0.3, -0.25) is 4.79 Å². The molecule has 0 radical (unpaired) electrons. The summed E-state index contributed by atoms with van der Waals surface area (Å²) >= 11 is 0. The van der Waals surface area contributed by atoms with E-state index in [2.05, 4.69) is 4.98 Å². The third-order valence-corrected chi connectivity index (χ3v) is 2.66. The number of carboxylic acid groups (broad SMARTS) is 1. The molecule has 0 spiro atoms. The van der Waals surface area contributed by atoms with Gasteiger partial charge in [-0.05, 0) is 26.0 Å². The predicted molar refractivity (Wildman–Crippen MR) is 62.4 cm³/mol. The molecule has 2 aromatic heterocycles. The van der Waals surface area contributed by atoms with Crippen LogP contribution < -0.4 is 4.74 Å². The molecule has 2 rings (SSSR count). The number of carbonyl (C=O) groups is 1. The minimum absolute atomic E-state index is 0.0142. The standard InChI is InChI=1S/C12H14N2O3/c1-8-9(2)14-6-3-4-10(12(14)13-8)17-7-5-11(15)16/h3-4,6H,5,7H2,1-2H3,(H,15,16). The monoisotopic (exact) mass is 234 g/mol. The summed E-state index contributed by atoms with van der Waals surface area (Å²) in [4.78, 5) is 14.8. The van der Waals surface area contributed by atoms with Gasteiger partial charge in [0.15, 0.2) is 11.4 Å². The molecule has 0 amide bonds. The topological polar surface area (TPSA) is 63.8 Å². The maximum atomic E-state index is 10.4. The second-order valence-corrected chi connectivity index (χ2v) is 3.84. The molecule has 17 heavy (non-hydrogen) atoms. The van der Waals surface area contributed by atoms with Crippen molar-refractivity contribution in [3.05, 3.63) is 29.7 Å². The van der Waals surface area contributed by atoms with Crippen molar-refractivity contribution in [2.24, 2.45) is 0 Å². The van der Waals surface area contributed by atoms with Crippen molar-refractivity contribution in [1.29, 1.82) is 0 Å². The van der Waals surface area contributed by atoms with E-state index in [1.807, 2.05) is 30.5 Å². The Hall–Kier alpha value is -2.04. The van der Waals surface area contributed by atoms with Gasteiger partial charge in [0.25, 0.3) is 0 Å². The first-order valence-corrected chi connectivity index (χ1v) is 5.38. The van der Waals surface area contributed by atoms with Gasteiger partial charge in [-0.25, -0.2) is 4.98 Å². The van der Waals surface area contributed by atoms with Gasteiger partial charge in [-0.2, -0.15) is 0 Å². The number of carboxylic acids is 1. The molecule has 2 heterocycles. The molecule has 0 aromatic carbocycles. The zero-order valence-electron chi connectivity index (χ0n) is 9.80. The summed E-state index contributed by atoms with van der Waals surface area (Å²) in [6, 6.07) is 3.65. The molecule has 1 N–H and O–H groups in total. The maximum absolute atomic E-state index is 10.4. The Labute approximate surface area is 98.7 Å². The lowest BCUT2D eigenvalue weighted by atomic mass is 10.4. The van der Waals surface area contributed by atoms with Crippen molar-refractivity contribution >= 4 is 11.6 Å². The number of ether oxygens (including phenoxy) is 1. The molecule has 90 valence electrons. The van der Waals surface area contributed by atoms with Crippen LogP contribution >= 0.6 is 0 Å². The highest BCUT2D eigenvalue weighted by atomic mass is 16.5. The van der Waals surface area contributed by atoms with Gasteiger partial charge in [-0.1, -0.05) is 0 Å². The Morgan fingerprint density at radius 2 is 2.29 bits per heavy atom. The highest BCUT2D eigenvalue weighted by Crippen LogP contribution is 2.21. The molecular weight excluding hydrogens is 220 g/mol. The molecule has 0 saturated carbocycles. The van der Waals surface area contributed by atoms with Crippen LogP contribution in [-0.2, 0) is 4.79 Å². The fourth-order valence-corrected chi connectivity index (χ4v) is 1.64. The summed E-state index contributed by atoms with van der Waals surface area (Å²) in [5.74, 6) is -0.252. The van der Waals surface area contributed by atoms with Gasteiger partial charge >= 0.3 is 5.97 Å². The normalized spacial score (nSPS) is 10.7. The van der Waals surface area contributed by atoms with Crippen LogP contribution in [0.15, 0.2) is 18.3 Å². The lowest BCUT2D eigenvalue weighted by Crippen LogP contribution is -2.05. The van der Waals surface area contributed by atoms with Crippen molar-refractivity contribution < 1.29 is 14.6 Å². The molecule has 0 unspecified atom stereocenters. The first kappa shape index (κ1) is 11.4. The second-order valence-electron chi connectivity index (χ2n) is 3.84. The van der Waals surface area contributed by atoms with Crippen LogP contribution in [0.5, 0.6) is 5.75 Å². The number of pyridine rings is 1. The van der Waals surface area contributed by atoms with Crippen molar-refractivity contribution in [3.8, 4) is 5.75 Å². The van der Waals surface area contributed by atoms with Crippen LogP contribution in [0.1, 0.15) is 17.8 Å². The summed E-state index contributed by atoms with van der Waals surface area (Å²) < 4.78 is 7.37. The minimum atomic E-state index is -0.868. The van der Waals surface area contributed by atoms with E-state index in [4.69, 9.17) is 9.84 Å². The van der Waals surface area contributed by atoms with Crippen LogP contribution in [0, 0.1) is 13.8 Å². The zero-order valence-corrected chi connectivity index (χ0v) is 9.80. The van der Waals surface area contributed by atoms with E-state index < -0.39 is 5.97 Å². The van der Waals surface area contributed by atoms with Crippen LogP contribution in [-0.4, -0.2) is 27.1 Å². The number of hydrogen-bond acceptors (Lipinski definition) is 3. The van der Waals surface area contributed by atoms with E-state index in [1.165, 1.54) is 0 Å². The van der Waals surface area contributed by atoms with Gasteiger partial charge < -0.3 is 14.2 Å². The lowest BCUT2D eigenvalue weighted by Gasteiger charge is -2.05. The van der Waals surface area contributed by atoms with Crippen molar-refractivity contribution in [3.63, 3.8) is 0 Å². The molecule has 0 aliphatic heterocycles. The number of rotatable bonds is 4. The fourth-order valence-electron chi connectivity index (χ4n) is 1.64. The summed E-state index contributed by atoms with van der Waals surface area (Å²) in [6.45, 7) is 4.07. The molecular formula is C12H14N2O3. The highest BCUT2D eigenvalue weighted by Gasteiger charge is 2.09. The molecule has 0 aliphatic rings. The van der Waals surface area contributed by atoms with Crippen LogP contribution in [0.3, 0.4) is 0 Å². The van der Waals surface area contributed by atoms with Crippen molar-refractivity contribution in [2.75, 3.05) is 6.61 Å². The van der Waals surface area contributed by atoms with Crippen LogP contribution in [0.25, 0.3) is 5.65 Å². The molecule has 5 heteroatoms. The van der Waals surface area contributed by atoms with Gasteiger partial charge in [0.1, 0.15) is 0 Å². The highest BCUT2D eigenvalue weighted by molar-refractivity contribution is 5.67. The van der Waals surface area contributed by atoms with Crippen molar-refractivity contribution in [1.82, 2.24) is 9.38 Å². The average molecular weight is 234 g/mol. The Bertz CT molecular complexity index is 560. The maximum Gasteiger partial charge on any atom is 0.306 e. The number of aromatic nitrogens is 2. The average Bonchev–Trinajstić information content (AvgIpc) is 2.56. The van der Waals surface area contributed by atoms with E-state index in [9.17, 15) is 4.79 Å². The number of aryl methyl sites for hydroxylation is 2. The van der Waals surface area contributed by atoms with Crippen LogP contribution in [0.4, 0.5) is 0 Å². The molecule has 0 atom stereocenters. The number of hydrogen-bond donors (Lipinski definition) is 1. The van der Waals surface area contributed by atoms with E-state index in [0.29, 0.717) is 5.75 Å². The SMILES string of the molecule is Cc1nc2c(OCCC(=O)O)cccn2c1C. The number of aliphatic carboxylic acids is 1. The second kappa shape index (κ2) is 4.45. The summed E-state index contributed by atoms with van der Waals surface area (Å²) in [7, 11) is 0. The zero-order chi connectivity index (χ0) is 12.4. The first-order valence-electron chi connectivity index (χ1n) is 5.38. The van der Waals surface area contributed by atoms with Gasteiger partial charge in [-0.15, -0.1) is 0 Å². The molecule has 0 bridgehead atoms. The van der Waals surface area contributed by atoms with Crippen LogP contribution in [0.2, 0.25) is 0 Å². The third-order valence-electron chi connectivity index (χ3n) is 2.66. The Morgan fingerprint density at radius 1 is 1.53 bits per heavy atom. The Balaban J connectivity index is 2.28. The minimum Gasteiger partial charge on any atom is -0.489 e. The molecule has 0 saturated heterocycles. The number of fused-ring (bicyclic) bond motifs is 1. The number of nitrogens with zero attached hydrogens (tertiary/aromatic N) is 2. The summed E-state index contributed by atoms with van der Waals surface area (Å²) in [5.41, 5.74) is 2.73. The first-order chi connectivity index (χ1) is 8.09. The van der Waals surface area contributed by atoms with Gasteiger partial charge in [0.05, 0.1) is 18.7 Å². The van der Waals surface area contributed by atoms with E-state index in [0.717, 1.165) is 17.0 Å². The van der Waals surface area contributed by atoms with Gasteiger partial charge in [0, 0.05) is 11.9 Å². The predicted octanol–water partition coefficient (Wildman–Crippen LogP) is 1.80. The fraction of sp³-hybridized carbons (Fsp3) is 0.333. The molecule has 0 fully saturated rings. The molecule has 2 aromatic rings. The summed E-state index contributed by atoms with van der Waals surface area (Å²) in [6.07, 6.45) is 1.90.